The molecule has 2 fully saturated rings. The van der Waals surface area contributed by atoms with Crippen molar-refractivity contribution in [1.82, 2.24) is 9.88 Å². The van der Waals surface area contributed by atoms with Crippen molar-refractivity contribution in [3.8, 4) is 11.9 Å². The number of ether oxygens (including phenoxy) is 1. The SMILES string of the molecule is N#Cc1ccnc(OCC2CCCN(CC3CCS(=O)(=O)CC3)C2)c1. The van der Waals surface area contributed by atoms with Crippen molar-refractivity contribution in [2.45, 2.75) is 25.7 Å². The first-order valence-electron chi connectivity index (χ1n) is 8.96. The van der Waals surface area contributed by atoms with Crippen molar-refractivity contribution >= 4 is 9.84 Å². The second-order valence-corrected chi connectivity index (χ2v) is 9.47. The Hall–Kier alpha value is -1.65. The second kappa shape index (κ2) is 8.15. The summed E-state index contributed by atoms with van der Waals surface area (Å²) in [5.74, 6) is 2.15. The van der Waals surface area contributed by atoms with Crippen molar-refractivity contribution in [2.24, 2.45) is 11.8 Å². The molecule has 25 heavy (non-hydrogen) atoms. The van der Waals surface area contributed by atoms with Crippen LogP contribution in [0.2, 0.25) is 0 Å². The summed E-state index contributed by atoms with van der Waals surface area (Å²) in [5, 5.41) is 8.92. The normalized spacial score (nSPS) is 24.5. The summed E-state index contributed by atoms with van der Waals surface area (Å²) in [7, 11) is -2.78. The van der Waals surface area contributed by atoms with E-state index in [1.807, 2.05) is 0 Å². The molecule has 0 spiro atoms. The first kappa shape index (κ1) is 18.2. The smallest absolute Gasteiger partial charge is 0.214 e. The standard InChI is InChI=1S/C18H25N3O3S/c19-11-16-3-6-20-18(10-16)24-14-17-2-1-7-21(13-17)12-15-4-8-25(22,23)9-5-15/h3,6,10,15,17H,1-2,4-5,7-9,12-14H2. The molecule has 0 N–H and O–H groups in total. The van der Waals surface area contributed by atoms with Crippen LogP contribution in [0.3, 0.4) is 0 Å². The van der Waals surface area contributed by atoms with Crippen LogP contribution in [0.1, 0.15) is 31.2 Å². The molecule has 3 rings (SSSR count). The van der Waals surface area contributed by atoms with E-state index in [-0.39, 0.29) is 0 Å². The van der Waals surface area contributed by atoms with E-state index < -0.39 is 9.84 Å². The van der Waals surface area contributed by atoms with E-state index in [2.05, 4.69) is 16.0 Å². The molecule has 1 unspecified atom stereocenters. The zero-order valence-electron chi connectivity index (χ0n) is 14.4. The van der Waals surface area contributed by atoms with Gasteiger partial charge in [0.15, 0.2) is 0 Å². The summed E-state index contributed by atoms with van der Waals surface area (Å²) in [6.07, 6.45) is 5.46. The van der Waals surface area contributed by atoms with Crippen molar-refractivity contribution in [1.29, 1.82) is 5.26 Å². The highest BCUT2D eigenvalue weighted by Crippen LogP contribution is 2.24. The molecule has 1 atom stereocenters. The number of pyridine rings is 1. The van der Waals surface area contributed by atoms with E-state index in [9.17, 15) is 8.42 Å². The van der Waals surface area contributed by atoms with Gasteiger partial charge in [-0.15, -0.1) is 0 Å². The van der Waals surface area contributed by atoms with Crippen LogP contribution in [0.5, 0.6) is 5.88 Å². The predicted molar refractivity (Wildman–Crippen MR) is 95.0 cm³/mol. The lowest BCUT2D eigenvalue weighted by molar-refractivity contribution is 0.112. The lowest BCUT2D eigenvalue weighted by Gasteiger charge is -2.35. The zero-order valence-corrected chi connectivity index (χ0v) is 15.2. The molecule has 0 amide bonds. The first-order valence-corrected chi connectivity index (χ1v) is 10.8. The van der Waals surface area contributed by atoms with Gasteiger partial charge in [-0.3, -0.25) is 0 Å². The third kappa shape index (κ3) is 5.41. The number of likely N-dealkylation sites (tertiary alicyclic amines) is 1. The van der Waals surface area contributed by atoms with Crippen LogP contribution >= 0.6 is 0 Å². The van der Waals surface area contributed by atoms with Gasteiger partial charge in [0.05, 0.1) is 29.7 Å². The molecule has 6 nitrogen and oxygen atoms in total. The van der Waals surface area contributed by atoms with Gasteiger partial charge in [0, 0.05) is 31.3 Å². The minimum Gasteiger partial charge on any atom is -0.477 e. The fourth-order valence-electron chi connectivity index (χ4n) is 3.70. The minimum atomic E-state index is -2.78. The van der Waals surface area contributed by atoms with Crippen LogP contribution in [-0.2, 0) is 9.84 Å². The van der Waals surface area contributed by atoms with E-state index in [0.29, 0.717) is 41.4 Å². The average molecular weight is 363 g/mol. The van der Waals surface area contributed by atoms with Gasteiger partial charge >= 0.3 is 0 Å². The van der Waals surface area contributed by atoms with Gasteiger partial charge < -0.3 is 9.64 Å². The van der Waals surface area contributed by atoms with Crippen molar-refractivity contribution in [2.75, 3.05) is 37.7 Å². The minimum absolute atomic E-state index is 0.346. The van der Waals surface area contributed by atoms with Gasteiger partial charge in [0.1, 0.15) is 9.84 Å². The molecule has 1 aromatic heterocycles. The maximum absolute atomic E-state index is 11.5. The number of rotatable bonds is 5. The summed E-state index contributed by atoms with van der Waals surface area (Å²) in [4.78, 5) is 6.61. The third-order valence-corrected chi connectivity index (χ3v) is 6.84. The number of aromatic nitrogens is 1. The maximum atomic E-state index is 11.5. The van der Waals surface area contributed by atoms with Gasteiger partial charge in [-0.1, -0.05) is 0 Å². The monoisotopic (exact) mass is 363 g/mol. The van der Waals surface area contributed by atoms with E-state index >= 15 is 0 Å². The van der Waals surface area contributed by atoms with Gasteiger partial charge in [-0.25, -0.2) is 13.4 Å². The Morgan fingerprint density at radius 1 is 1.28 bits per heavy atom. The average Bonchev–Trinajstić information content (AvgIpc) is 2.62. The molecule has 2 aliphatic heterocycles. The molecule has 2 aliphatic rings. The summed E-state index contributed by atoms with van der Waals surface area (Å²) >= 11 is 0. The highest BCUT2D eigenvalue weighted by molar-refractivity contribution is 7.91. The van der Waals surface area contributed by atoms with Gasteiger partial charge in [0.2, 0.25) is 5.88 Å². The Kier molecular flexibility index (Phi) is 5.92. The van der Waals surface area contributed by atoms with Crippen molar-refractivity contribution in [3.05, 3.63) is 23.9 Å². The molecule has 3 heterocycles. The Bertz CT molecular complexity index is 715. The highest BCUT2D eigenvalue weighted by atomic mass is 32.2. The Morgan fingerprint density at radius 3 is 2.84 bits per heavy atom. The molecule has 2 saturated heterocycles. The molecule has 0 aromatic carbocycles. The zero-order chi connectivity index (χ0) is 17.7. The lowest BCUT2D eigenvalue weighted by Crippen LogP contribution is -2.41. The summed E-state index contributed by atoms with van der Waals surface area (Å²) < 4.78 is 28.9. The van der Waals surface area contributed by atoms with Crippen LogP contribution < -0.4 is 4.74 Å². The van der Waals surface area contributed by atoms with Gasteiger partial charge in [-0.05, 0) is 44.2 Å². The molecule has 0 bridgehead atoms. The molecule has 1 aromatic rings. The molecular formula is C18H25N3O3S. The lowest BCUT2D eigenvalue weighted by atomic mass is 9.96. The Labute approximate surface area is 149 Å². The number of hydrogen-bond donors (Lipinski definition) is 0. The number of nitriles is 1. The molecule has 0 saturated carbocycles. The van der Waals surface area contributed by atoms with Crippen LogP contribution in [0, 0.1) is 23.2 Å². The van der Waals surface area contributed by atoms with E-state index in [1.54, 1.807) is 18.3 Å². The topological polar surface area (TPSA) is 83.3 Å². The molecule has 136 valence electrons. The van der Waals surface area contributed by atoms with E-state index in [1.165, 1.54) is 0 Å². The third-order valence-electron chi connectivity index (χ3n) is 5.12. The molecule has 0 aliphatic carbocycles. The molecular weight excluding hydrogens is 338 g/mol. The van der Waals surface area contributed by atoms with Crippen molar-refractivity contribution < 1.29 is 13.2 Å². The van der Waals surface area contributed by atoms with E-state index in [4.69, 9.17) is 10.00 Å². The molecule has 7 heteroatoms. The number of hydrogen-bond acceptors (Lipinski definition) is 6. The Balaban J connectivity index is 1.45. The summed E-state index contributed by atoms with van der Waals surface area (Å²) in [6.45, 7) is 3.68. The highest BCUT2D eigenvalue weighted by Gasteiger charge is 2.27. The largest absolute Gasteiger partial charge is 0.477 e. The van der Waals surface area contributed by atoms with E-state index in [0.717, 1.165) is 45.3 Å². The summed E-state index contributed by atoms with van der Waals surface area (Å²) in [6, 6.07) is 5.43. The van der Waals surface area contributed by atoms with Gasteiger partial charge in [-0.2, -0.15) is 5.26 Å². The number of piperidine rings is 1. The number of sulfone groups is 1. The quantitative estimate of drug-likeness (QED) is 0.794. The van der Waals surface area contributed by atoms with Crippen LogP contribution in [0.15, 0.2) is 18.3 Å². The van der Waals surface area contributed by atoms with Gasteiger partial charge in [0.25, 0.3) is 0 Å². The second-order valence-electron chi connectivity index (χ2n) is 7.17. The first-order chi connectivity index (χ1) is 12.0. The van der Waals surface area contributed by atoms with Crippen LogP contribution in [-0.4, -0.2) is 56.0 Å². The number of nitrogens with zero attached hydrogens (tertiary/aromatic N) is 3. The Morgan fingerprint density at radius 2 is 2.08 bits per heavy atom. The fraction of sp³-hybridized carbons (Fsp3) is 0.667. The van der Waals surface area contributed by atoms with Crippen LogP contribution in [0.4, 0.5) is 0 Å². The maximum Gasteiger partial charge on any atom is 0.214 e. The summed E-state index contributed by atoms with van der Waals surface area (Å²) in [5.41, 5.74) is 0.558. The fourth-order valence-corrected chi connectivity index (χ4v) is 5.29. The van der Waals surface area contributed by atoms with Crippen LogP contribution in [0.25, 0.3) is 0 Å². The van der Waals surface area contributed by atoms with Crippen molar-refractivity contribution in [3.63, 3.8) is 0 Å². The molecule has 0 radical (unpaired) electrons. The predicted octanol–water partition coefficient (Wildman–Crippen LogP) is 1.87.